The summed E-state index contributed by atoms with van der Waals surface area (Å²) in [6.45, 7) is 1.99. The van der Waals surface area contributed by atoms with Gasteiger partial charge in [-0.25, -0.2) is 12.7 Å². The first kappa shape index (κ1) is 17.2. The fourth-order valence-electron chi connectivity index (χ4n) is 3.06. The Hall–Kier alpha value is -1.15. The zero-order valence-corrected chi connectivity index (χ0v) is 13.6. The molecule has 0 aromatic heterocycles. The molecule has 0 spiro atoms. The van der Waals surface area contributed by atoms with Gasteiger partial charge >= 0.3 is 5.97 Å². The Morgan fingerprint density at radius 2 is 1.77 bits per heavy atom. The summed E-state index contributed by atoms with van der Waals surface area (Å²) in [5.41, 5.74) is 0. The molecular weight excluding hydrogens is 308 g/mol. The molecule has 7 nitrogen and oxygen atoms in total. The average Bonchev–Trinajstić information content (AvgIpc) is 3.02. The summed E-state index contributed by atoms with van der Waals surface area (Å²) >= 11 is 0. The minimum absolute atomic E-state index is 0.00502. The normalized spacial score (nSPS) is 23.6. The van der Waals surface area contributed by atoms with E-state index in [1.807, 2.05) is 0 Å². The number of amides is 1. The zero-order valence-electron chi connectivity index (χ0n) is 12.7. The highest BCUT2D eigenvalue weighted by Gasteiger charge is 2.29. The highest BCUT2D eigenvalue weighted by atomic mass is 32.2. The molecule has 2 rings (SSSR count). The van der Waals surface area contributed by atoms with Crippen molar-refractivity contribution in [2.75, 3.05) is 31.9 Å². The molecule has 0 radical (unpaired) electrons. The van der Waals surface area contributed by atoms with E-state index in [0.717, 1.165) is 12.8 Å². The predicted octanol–water partition coefficient (Wildman–Crippen LogP) is 0.515. The van der Waals surface area contributed by atoms with Crippen LogP contribution in [0, 0.1) is 5.92 Å². The van der Waals surface area contributed by atoms with Crippen molar-refractivity contribution in [3.05, 3.63) is 0 Å². The van der Waals surface area contributed by atoms with Gasteiger partial charge in [-0.3, -0.25) is 9.59 Å². The minimum atomic E-state index is -3.24. The number of piperidine rings is 1. The Labute approximate surface area is 131 Å². The Bertz CT molecular complexity index is 513. The number of carbonyl (C=O) groups is 2. The lowest BCUT2D eigenvalue weighted by atomic mass is 9.98. The molecule has 2 heterocycles. The molecule has 1 N–H and O–H groups in total. The Balaban J connectivity index is 1.76. The van der Waals surface area contributed by atoms with Crippen molar-refractivity contribution in [1.82, 2.24) is 9.21 Å². The van der Waals surface area contributed by atoms with Crippen LogP contribution < -0.4 is 0 Å². The maximum atomic E-state index is 12.1. The first-order valence-electron chi connectivity index (χ1n) is 7.88. The van der Waals surface area contributed by atoms with Crippen LogP contribution in [0.1, 0.15) is 38.5 Å². The molecule has 0 aromatic carbocycles. The molecule has 0 bridgehead atoms. The fraction of sp³-hybridized carbons (Fsp3) is 0.857. The third-order valence-corrected chi connectivity index (χ3v) is 6.33. The third-order valence-electron chi connectivity index (χ3n) is 4.37. The smallest absolute Gasteiger partial charge is 0.308 e. The molecule has 2 aliphatic rings. The standard InChI is InChI=1S/C14H24N2O5S/c17-13(15-7-3-5-12(11-15)14(18)19)6-4-10-22(20,21)16-8-1-2-9-16/h12H,1-11H2,(H,18,19). The van der Waals surface area contributed by atoms with Crippen molar-refractivity contribution >= 4 is 21.9 Å². The van der Waals surface area contributed by atoms with E-state index in [1.165, 1.54) is 4.31 Å². The van der Waals surface area contributed by atoms with Gasteiger partial charge in [0.15, 0.2) is 0 Å². The molecule has 22 heavy (non-hydrogen) atoms. The van der Waals surface area contributed by atoms with E-state index in [0.29, 0.717) is 38.9 Å². The van der Waals surface area contributed by atoms with E-state index in [2.05, 4.69) is 0 Å². The Kier molecular flexibility index (Phi) is 5.80. The second-order valence-corrected chi connectivity index (χ2v) is 8.13. The first-order chi connectivity index (χ1) is 10.4. The molecule has 0 aliphatic carbocycles. The van der Waals surface area contributed by atoms with Gasteiger partial charge in [0.2, 0.25) is 15.9 Å². The van der Waals surface area contributed by atoms with Crippen molar-refractivity contribution in [2.24, 2.45) is 5.92 Å². The molecule has 1 unspecified atom stereocenters. The largest absolute Gasteiger partial charge is 0.481 e. The third kappa shape index (κ3) is 4.42. The number of aliphatic carboxylic acids is 1. The number of rotatable bonds is 6. The average molecular weight is 332 g/mol. The SMILES string of the molecule is O=C(O)C1CCCN(C(=O)CCCS(=O)(=O)N2CCCC2)C1. The first-order valence-corrected chi connectivity index (χ1v) is 9.49. The summed E-state index contributed by atoms with van der Waals surface area (Å²) in [6, 6.07) is 0. The van der Waals surface area contributed by atoms with Crippen LogP contribution in [0.25, 0.3) is 0 Å². The van der Waals surface area contributed by atoms with Crippen LogP contribution in [0.4, 0.5) is 0 Å². The van der Waals surface area contributed by atoms with Gasteiger partial charge in [-0.2, -0.15) is 0 Å². The topological polar surface area (TPSA) is 95.0 Å². The van der Waals surface area contributed by atoms with E-state index in [4.69, 9.17) is 5.11 Å². The van der Waals surface area contributed by atoms with Crippen LogP contribution in [-0.4, -0.2) is 66.5 Å². The number of nitrogens with zero attached hydrogens (tertiary/aromatic N) is 2. The summed E-state index contributed by atoms with van der Waals surface area (Å²) in [6.07, 6.45) is 3.56. The van der Waals surface area contributed by atoms with Crippen molar-refractivity contribution in [2.45, 2.75) is 38.5 Å². The van der Waals surface area contributed by atoms with E-state index in [1.54, 1.807) is 4.90 Å². The zero-order chi connectivity index (χ0) is 16.2. The van der Waals surface area contributed by atoms with Crippen molar-refractivity contribution < 1.29 is 23.1 Å². The monoisotopic (exact) mass is 332 g/mol. The maximum Gasteiger partial charge on any atom is 0.308 e. The number of carboxylic acid groups (broad SMARTS) is 1. The van der Waals surface area contributed by atoms with Gasteiger partial charge in [0.25, 0.3) is 0 Å². The second-order valence-electron chi connectivity index (χ2n) is 6.04. The Morgan fingerprint density at radius 3 is 2.41 bits per heavy atom. The summed E-state index contributed by atoms with van der Waals surface area (Å²) in [4.78, 5) is 24.7. The van der Waals surface area contributed by atoms with Gasteiger partial charge in [0.05, 0.1) is 11.7 Å². The summed E-state index contributed by atoms with van der Waals surface area (Å²) in [5.74, 6) is -1.50. The van der Waals surface area contributed by atoms with Crippen LogP contribution in [0.15, 0.2) is 0 Å². The quantitative estimate of drug-likeness (QED) is 0.765. The highest BCUT2D eigenvalue weighted by molar-refractivity contribution is 7.89. The lowest BCUT2D eigenvalue weighted by molar-refractivity contribution is -0.145. The lowest BCUT2D eigenvalue weighted by Crippen LogP contribution is -2.42. The van der Waals surface area contributed by atoms with Gasteiger partial charge in [-0.15, -0.1) is 0 Å². The van der Waals surface area contributed by atoms with Crippen LogP contribution >= 0.6 is 0 Å². The molecule has 2 aliphatic heterocycles. The minimum Gasteiger partial charge on any atom is -0.481 e. The van der Waals surface area contributed by atoms with Crippen LogP contribution in [0.3, 0.4) is 0 Å². The number of sulfonamides is 1. The van der Waals surface area contributed by atoms with Gasteiger partial charge in [-0.05, 0) is 32.1 Å². The molecule has 2 fully saturated rings. The van der Waals surface area contributed by atoms with Gasteiger partial charge in [0, 0.05) is 32.6 Å². The summed E-state index contributed by atoms with van der Waals surface area (Å²) < 4.78 is 25.6. The summed E-state index contributed by atoms with van der Waals surface area (Å²) in [7, 11) is -3.24. The van der Waals surface area contributed by atoms with Crippen molar-refractivity contribution in [3.8, 4) is 0 Å². The second kappa shape index (κ2) is 7.41. The number of hydrogen-bond acceptors (Lipinski definition) is 4. The van der Waals surface area contributed by atoms with E-state index < -0.39 is 21.9 Å². The van der Waals surface area contributed by atoms with Crippen LogP contribution in [0.5, 0.6) is 0 Å². The number of hydrogen-bond donors (Lipinski definition) is 1. The lowest BCUT2D eigenvalue weighted by Gasteiger charge is -2.30. The van der Waals surface area contributed by atoms with Gasteiger partial charge in [0.1, 0.15) is 0 Å². The molecule has 8 heteroatoms. The molecule has 2 saturated heterocycles. The van der Waals surface area contributed by atoms with Crippen molar-refractivity contribution in [3.63, 3.8) is 0 Å². The van der Waals surface area contributed by atoms with Gasteiger partial charge in [-0.1, -0.05) is 0 Å². The van der Waals surface area contributed by atoms with E-state index in [-0.39, 0.29) is 24.6 Å². The molecular formula is C14H24N2O5S. The fourth-order valence-corrected chi connectivity index (χ4v) is 4.65. The molecule has 0 aromatic rings. The van der Waals surface area contributed by atoms with Crippen LogP contribution in [0.2, 0.25) is 0 Å². The summed E-state index contributed by atoms with van der Waals surface area (Å²) in [5, 5.41) is 9.02. The molecule has 1 amide bonds. The predicted molar refractivity (Wildman–Crippen MR) is 80.8 cm³/mol. The molecule has 0 saturated carbocycles. The highest BCUT2D eigenvalue weighted by Crippen LogP contribution is 2.18. The van der Waals surface area contributed by atoms with Crippen molar-refractivity contribution in [1.29, 1.82) is 0 Å². The molecule has 126 valence electrons. The maximum absolute atomic E-state index is 12.1. The number of carboxylic acids is 1. The van der Waals surface area contributed by atoms with E-state index in [9.17, 15) is 18.0 Å². The molecule has 1 atom stereocenters. The Morgan fingerprint density at radius 1 is 1.09 bits per heavy atom. The van der Waals surface area contributed by atoms with Crippen LogP contribution in [-0.2, 0) is 19.6 Å². The van der Waals surface area contributed by atoms with E-state index >= 15 is 0 Å². The van der Waals surface area contributed by atoms with Gasteiger partial charge < -0.3 is 10.0 Å². The number of carbonyl (C=O) groups excluding carboxylic acids is 1. The number of likely N-dealkylation sites (tertiary alicyclic amines) is 1.